The predicted molar refractivity (Wildman–Crippen MR) is 320 cm³/mol. The number of pyridine rings is 1. The molecular formula is C72H70N4OPt-2. The molecule has 0 spiro atoms. The molecule has 78 heavy (non-hydrogen) atoms. The molecule has 0 aliphatic heterocycles. The Morgan fingerprint density at radius 3 is 1.85 bits per heavy atom. The molecule has 0 N–H and O–H groups in total. The summed E-state index contributed by atoms with van der Waals surface area (Å²) in [6.07, 6.45) is 5.60. The summed E-state index contributed by atoms with van der Waals surface area (Å²) in [5, 5.41) is 2.01. The molecular weight excluding hydrogens is 1130 g/mol. The Labute approximate surface area is 485 Å². The van der Waals surface area contributed by atoms with Crippen molar-refractivity contribution >= 4 is 32.8 Å². The molecule has 0 saturated heterocycles. The molecule has 0 saturated carbocycles. The van der Waals surface area contributed by atoms with E-state index < -0.39 is 29.4 Å². The van der Waals surface area contributed by atoms with Crippen LogP contribution in [0.4, 0.5) is 0 Å². The third kappa shape index (κ3) is 10.3. The van der Waals surface area contributed by atoms with E-state index in [0.717, 1.165) is 71.8 Å². The summed E-state index contributed by atoms with van der Waals surface area (Å²) in [7, 11) is 0. The molecule has 0 aliphatic rings. The van der Waals surface area contributed by atoms with Gasteiger partial charge in [0.15, 0.2) is 0 Å². The normalized spacial score (nSPS) is 14.3. The summed E-state index contributed by atoms with van der Waals surface area (Å²) >= 11 is 0. The Morgan fingerprint density at radius 1 is 0.564 bits per heavy atom. The van der Waals surface area contributed by atoms with Crippen molar-refractivity contribution in [3.05, 3.63) is 223 Å². The van der Waals surface area contributed by atoms with E-state index >= 15 is 0 Å². The number of ether oxygens (including phenoxy) is 1. The number of benzene rings is 8. The second-order valence-electron chi connectivity index (χ2n) is 24.5. The number of nitrogens with zero attached hydrogens (tertiary/aromatic N) is 4. The Morgan fingerprint density at radius 2 is 1.18 bits per heavy atom. The molecule has 0 radical (unpaired) electrons. The maximum absolute atomic E-state index is 10.00. The molecule has 11 rings (SSSR count). The van der Waals surface area contributed by atoms with E-state index in [0.29, 0.717) is 34.3 Å². The quantitative estimate of drug-likeness (QED) is 0.107. The summed E-state index contributed by atoms with van der Waals surface area (Å²) in [5.41, 5.74) is 12.3. The summed E-state index contributed by atoms with van der Waals surface area (Å²) < 4.78 is 67.3. The van der Waals surface area contributed by atoms with Crippen LogP contribution in [0.5, 0.6) is 11.5 Å². The summed E-state index contributed by atoms with van der Waals surface area (Å²) in [4.78, 5) is 5.19. The molecule has 0 aliphatic carbocycles. The first-order valence-electron chi connectivity index (χ1n) is 29.6. The van der Waals surface area contributed by atoms with Crippen LogP contribution in [0.2, 0.25) is 0 Å². The average Bonchev–Trinajstić information content (AvgIpc) is 2.77. The van der Waals surface area contributed by atoms with Gasteiger partial charge in [0.2, 0.25) is 0 Å². The molecule has 6 heteroatoms. The van der Waals surface area contributed by atoms with E-state index in [1.54, 1.807) is 0 Å². The van der Waals surface area contributed by atoms with Gasteiger partial charge in [0.05, 0.1) is 23.6 Å². The molecule has 5 nitrogen and oxygen atoms in total. The van der Waals surface area contributed by atoms with Crippen LogP contribution in [0.1, 0.15) is 126 Å². The van der Waals surface area contributed by atoms with Crippen molar-refractivity contribution in [2.75, 3.05) is 0 Å². The molecule has 1 atom stereocenters. The zero-order chi connectivity index (χ0) is 59.5. The first-order chi connectivity index (χ1) is 39.0. The second-order valence-corrected chi connectivity index (χ2v) is 24.5. The van der Waals surface area contributed by atoms with Crippen molar-refractivity contribution in [3.8, 4) is 62.1 Å². The fourth-order valence-corrected chi connectivity index (χ4v) is 10.2. The number of aromatic nitrogens is 4. The molecule has 8 aromatic carbocycles. The number of para-hydroxylation sites is 4. The Kier molecular flexibility index (Phi) is 12.3. The predicted octanol–water partition coefficient (Wildman–Crippen LogP) is 18.6. The average molecular weight is 1210 g/mol. The molecule has 3 aromatic heterocycles. The fourth-order valence-electron chi connectivity index (χ4n) is 10.2. The van der Waals surface area contributed by atoms with Crippen molar-refractivity contribution in [1.29, 1.82) is 0 Å². The van der Waals surface area contributed by atoms with Crippen LogP contribution in [-0.4, -0.2) is 14.1 Å². The number of fused-ring (bicyclic) bond motifs is 4. The molecule has 0 amide bonds. The van der Waals surface area contributed by atoms with Crippen LogP contribution in [0.3, 0.4) is 0 Å². The van der Waals surface area contributed by atoms with Crippen LogP contribution in [0.25, 0.3) is 83.4 Å². The smallest absolute Gasteiger partial charge is 0.268 e. The van der Waals surface area contributed by atoms with Crippen LogP contribution in [-0.2, 0) is 37.3 Å². The molecule has 1 unspecified atom stereocenters. The van der Waals surface area contributed by atoms with E-state index in [1.165, 1.54) is 5.56 Å². The van der Waals surface area contributed by atoms with Crippen LogP contribution in [0.15, 0.2) is 182 Å². The molecule has 11 aromatic rings. The van der Waals surface area contributed by atoms with Gasteiger partial charge in [-0.25, -0.2) is 4.98 Å². The Bertz CT molecular complexity index is 4320. The van der Waals surface area contributed by atoms with E-state index in [4.69, 9.17) is 13.8 Å². The zero-order valence-electron chi connectivity index (χ0n) is 52.9. The van der Waals surface area contributed by atoms with Crippen molar-refractivity contribution in [3.63, 3.8) is 0 Å². The minimum Gasteiger partial charge on any atom is -0.510 e. The van der Waals surface area contributed by atoms with Crippen molar-refractivity contribution in [2.24, 2.45) is 5.41 Å². The Balaban J connectivity index is 0.00000786. The SMILES string of the molecule is [2H]c1c([2H])c([2H])c(-c2cccc(-c3cc(C(C)(C)C)cc(C(C)(C)C)c3)c2-[n+]2[c-]n(-c3[c-]c(Oc4[c-]c5c(cc4)c4ccccc4n5-c4cc(C([2H])(C)C(C)(C)C)c(-c5ccc(C(C)(C)C)cc5)cn4)ccc3)c3ccccc32)c([2H])c1[2H].[Pt]. The van der Waals surface area contributed by atoms with Crippen molar-refractivity contribution < 1.29 is 38.6 Å². The van der Waals surface area contributed by atoms with E-state index in [-0.39, 0.29) is 55.0 Å². The third-order valence-electron chi connectivity index (χ3n) is 15.0. The van der Waals surface area contributed by atoms with E-state index in [1.807, 2.05) is 101 Å². The van der Waals surface area contributed by atoms with Crippen molar-refractivity contribution in [2.45, 2.75) is 112 Å². The van der Waals surface area contributed by atoms with Gasteiger partial charge in [-0.1, -0.05) is 229 Å². The first kappa shape index (κ1) is 46.7. The minimum atomic E-state index is -1.01. The molecule has 3 heterocycles. The van der Waals surface area contributed by atoms with Gasteiger partial charge in [-0.05, 0) is 101 Å². The maximum Gasteiger partial charge on any atom is 0.268 e. The molecule has 0 bridgehead atoms. The van der Waals surface area contributed by atoms with Gasteiger partial charge < -0.3 is 13.9 Å². The van der Waals surface area contributed by atoms with Crippen LogP contribution in [0, 0.1) is 23.9 Å². The van der Waals surface area contributed by atoms with Crippen molar-refractivity contribution in [1.82, 2.24) is 14.1 Å². The van der Waals surface area contributed by atoms with Crippen LogP contribution < -0.4 is 9.30 Å². The van der Waals surface area contributed by atoms with Crippen LogP contribution >= 0.6 is 0 Å². The van der Waals surface area contributed by atoms with Gasteiger partial charge in [-0.2, -0.15) is 18.2 Å². The summed E-state index contributed by atoms with van der Waals surface area (Å²) in [6, 6.07) is 54.4. The van der Waals surface area contributed by atoms with E-state index in [9.17, 15) is 4.11 Å². The standard InChI is InChI=1S/C72H70N4O.Pt/c1-47(69(2,3)4)61-44-67(73-45-62(61)49-33-35-51(36-34-49)70(5,6)7)76-63-30-18-17-27-59(63)60-38-37-56(43-66(60)76)77-55-26-21-25-54(42-55)74-46-75(65-32-20-19-31-64(65)74)68-57(48-23-15-14-16-24-48)28-22-29-58(68)50-39-52(71(8,9)10)41-53(40-50)72(11,12)13;/h14-41,44-45,47H,1-13H3;/q-2;/i14D,15D,16D,23D,24D,47D;. The molecule has 396 valence electrons. The first-order valence-corrected chi connectivity index (χ1v) is 26.6. The fraction of sp³-hybridized carbons (Fsp3) is 0.250. The number of hydrogen-bond acceptors (Lipinski definition) is 2. The minimum absolute atomic E-state index is 0. The topological polar surface area (TPSA) is 35.9 Å². The van der Waals surface area contributed by atoms with Gasteiger partial charge in [0.25, 0.3) is 6.33 Å². The number of imidazole rings is 1. The zero-order valence-corrected chi connectivity index (χ0v) is 49.2. The van der Waals surface area contributed by atoms with Gasteiger partial charge in [0, 0.05) is 51.2 Å². The van der Waals surface area contributed by atoms with E-state index in [2.05, 4.69) is 173 Å². The van der Waals surface area contributed by atoms with Gasteiger partial charge >= 0.3 is 0 Å². The maximum atomic E-state index is 10.00. The largest absolute Gasteiger partial charge is 0.510 e. The van der Waals surface area contributed by atoms with Gasteiger partial charge in [-0.3, -0.25) is 4.57 Å². The van der Waals surface area contributed by atoms with Gasteiger partial charge in [0.1, 0.15) is 5.82 Å². The Hall–Kier alpha value is -7.33. The number of rotatable bonds is 9. The monoisotopic (exact) mass is 1210 g/mol. The second kappa shape index (κ2) is 20.5. The number of hydrogen-bond donors (Lipinski definition) is 0. The third-order valence-corrected chi connectivity index (χ3v) is 15.0. The summed E-state index contributed by atoms with van der Waals surface area (Å²) in [5.74, 6) is 0.560. The summed E-state index contributed by atoms with van der Waals surface area (Å²) in [6.45, 7) is 28.2. The molecule has 0 fully saturated rings. The van der Waals surface area contributed by atoms with Gasteiger partial charge in [-0.15, -0.1) is 29.7 Å².